The number of anilines is 1. The van der Waals surface area contributed by atoms with Crippen LogP contribution >= 0.6 is 0 Å². The number of benzene rings is 1. The number of likely N-dealkylation sites (tertiary alicyclic amines) is 1. The summed E-state index contributed by atoms with van der Waals surface area (Å²) in [6.07, 6.45) is 4.47. The third kappa shape index (κ3) is 3.33. The van der Waals surface area contributed by atoms with Crippen LogP contribution in [0, 0.1) is 0 Å². The number of rotatable bonds is 4. The van der Waals surface area contributed by atoms with Crippen LogP contribution in [0.15, 0.2) is 60.9 Å². The van der Waals surface area contributed by atoms with Crippen molar-refractivity contribution >= 4 is 17.5 Å². The summed E-state index contributed by atoms with van der Waals surface area (Å²) in [5, 5.41) is 0. The summed E-state index contributed by atoms with van der Waals surface area (Å²) in [6.45, 7) is 1.27. The molecule has 1 spiro atoms. The van der Waals surface area contributed by atoms with Crippen molar-refractivity contribution in [2.45, 2.75) is 12.0 Å². The Labute approximate surface area is 193 Å². The SMILES string of the molecule is COc1cccc(C(=O)N2CC[C@@]3(C2)c2cccn2-c2ncccc2N3CC(=O)N(C)C)c1. The molecular formula is C25H27N5O3. The number of amides is 2. The molecule has 0 unspecified atom stereocenters. The molecule has 33 heavy (non-hydrogen) atoms. The van der Waals surface area contributed by atoms with Crippen LogP contribution in [0.5, 0.6) is 5.75 Å². The number of methoxy groups -OCH3 is 1. The van der Waals surface area contributed by atoms with Crippen LogP contribution in [0.2, 0.25) is 0 Å². The molecule has 3 aromatic rings. The van der Waals surface area contributed by atoms with Gasteiger partial charge < -0.3 is 24.0 Å². The second-order valence-corrected chi connectivity index (χ2v) is 8.72. The lowest BCUT2D eigenvalue weighted by molar-refractivity contribution is -0.127. The molecule has 0 radical (unpaired) electrons. The molecule has 170 valence electrons. The molecule has 1 fully saturated rings. The second kappa shape index (κ2) is 7.95. The Balaban J connectivity index is 1.56. The molecule has 5 rings (SSSR count). The van der Waals surface area contributed by atoms with Gasteiger partial charge in [0, 0.05) is 45.1 Å². The summed E-state index contributed by atoms with van der Waals surface area (Å²) >= 11 is 0. The van der Waals surface area contributed by atoms with E-state index in [-0.39, 0.29) is 18.4 Å². The maximum Gasteiger partial charge on any atom is 0.254 e. The Morgan fingerprint density at radius 2 is 2.00 bits per heavy atom. The Morgan fingerprint density at radius 3 is 2.79 bits per heavy atom. The van der Waals surface area contributed by atoms with E-state index in [1.54, 1.807) is 38.4 Å². The lowest BCUT2D eigenvalue weighted by atomic mass is 9.88. The summed E-state index contributed by atoms with van der Waals surface area (Å²) < 4.78 is 7.39. The number of hydrogen-bond donors (Lipinski definition) is 0. The molecule has 0 bridgehead atoms. The first-order valence-corrected chi connectivity index (χ1v) is 11.0. The van der Waals surface area contributed by atoms with Crippen molar-refractivity contribution in [3.63, 3.8) is 0 Å². The van der Waals surface area contributed by atoms with Crippen LogP contribution in [0.3, 0.4) is 0 Å². The van der Waals surface area contributed by atoms with Crippen molar-refractivity contribution in [3.05, 3.63) is 72.2 Å². The molecule has 8 heteroatoms. The van der Waals surface area contributed by atoms with E-state index >= 15 is 0 Å². The molecule has 2 aliphatic rings. The highest BCUT2D eigenvalue weighted by Gasteiger charge is 2.51. The van der Waals surface area contributed by atoms with Crippen molar-refractivity contribution in [1.29, 1.82) is 0 Å². The minimum absolute atomic E-state index is 0.00163. The summed E-state index contributed by atoms with van der Waals surface area (Å²) in [6, 6.07) is 15.2. The zero-order chi connectivity index (χ0) is 23.2. The van der Waals surface area contributed by atoms with Gasteiger partial charge in [-0.3, -0.25) is 9.59 Å². The molecule has 0 aliphatic carbocycles. The highest BCUT2D eigenvalue weighted by Crippen LogP contribution is 2.47. The third-order valence-corrected chi connectivity index (χ3v) is 6.67. The van der Waals surface area contributed by atoms with Crippen LogP contribution in [0.1, 0.15) is 22.5 Å². The summed E-state index contributed by atoms with van der Waals surface area (Å²) in [4.78, 5) is 36.5. The maximum absolute atomic E-state index is 13.4. The molecule has 0 saturated carbocycles. The van der Waals surface area contributed by atoms with Gasteiger partial charge in [-0.15, -0.1) is 0 Å². The fraction of sp³-hybridized carbons (Fsp3) is 0.320. The predicted molar refractivity (Wildman–Crippen MR) is 125 cm³/mol. The molecule has 4 heterocycles. The number of carbonyl (C=O) groups is 2. The smallest absolute Gasteiger partial charge is 0.254 e. The zero-order valence-corrected chi connectivity index (χ0v) is 19.1. The lowest BCUT2D eigenvalue weighted by Crippen LogP contribution is -2.55. The van der Waals surface area contributed by atoms with Crippen LogP contribution < -0.4 is 9.64 Å². The van der Waals surface area contributed by atoms with Crippen LogP contribution in [0.25, 0.3) is 5.82 Å². The lowest BCUT2D eigenvalue weighted by Gasteiger charge is -2.46. The summed E-state index contributed by atoms with van der Waals surface area (Å²) in [7, 11) is 5.12. The van der Waals surface area contributed by atoms with E-state index in [0.717, 1.165) is 17.2 Å². The average molecular weight is 446 g/mol. The van der Waals surface area contributed by atoms with E-state index in [1.165, 1.54) is 0 Å². The van der Waals surface area contributed by atoms with Crippen molar-refractivity contribution in [2.24, 2.45) is 0 Å². The molecule has 2 aromatic heterocycles. The van der Waals surface area contributed by atoms with Gasteiger partial charge in [-0.2, -0.15) is 0 Å². The summed E-state index contributed by atoms with van der Waals surface area (Å²) in [5.74, 6) is 1.41. The highest BCUT2D eigenvalue weighted by molar-refractivity contribution is 5.95. The van der Waals surface area contributed by atoms with Crippen LogP contribution in [0.4, 0.5) is 5.69 Å². The first-order valence-electron chi connectivity index (χ1n) is 11.0. The number of pyridine rings is 1. The topological polar surface area (TPSA) is 70.9 Å². The van der Waals surface area contributed by atoms with E-state index in [1.807, 2.05) is 47.5 Å². The Hall–Kier alpha value is -3.81. The Morgan fingerprint density at radius 1 is 1.15 bits per heavy atom. The van der Waals surface area contributed by atoms with Gasteiger partial charge in [-0.05, 0) is 48.9 Å². The van der Waals surface area contributed by atoms with Gasteiger partial charge in [-0.25, -0.2) is 4.98 Å². The van der Waals surface area contributed by atoms with Crippen molar-refractivity contribution < 1.29 is 14.3 Å². The third-order valence-electron chi connectivity index (χ3n) is 6.67. The Bertz CT molecular complexity index is 1220. The fourth-order valence-corrected chi connectivity index (χ4v) is 4.95. The van der Waals surface area contributed by atoms with Gasteiger partial charge in [0.05, 0.1) is 25.0 Å². The number of hydrogen-bond acceptors (Lipinski definition) is 5. The van der Waals surface area contributed by atoms with E-state index in [0.29, 0.717) is 30.8 Å². The van der Waals surface area contributed by atoms with E-state index in [2.05, 4.69) is 20.5 Å². The molecule has 1 aromatic carbocycles. The predicted octanol–water partition coefficient (Wildman–Crippen LogP) is 2.53. The second-order valence-electron chi connectivity index (χ2n) is 8.72. The number of likely N-dealkylation sites (N-methyl/N-ethyl adjacent to an activating group) is 1. The fourth-order valence-electron chi connectivity index (χ4n) is 4.95. The molecule has 1 saturated heterocycles. The van der Waals surface area contributed by atoms with Crippen molar-refractivity contribution in [3.8, 4) is 11.6 Å². The number of aromatic nitrogens is 2. The van der Waals surface area contributed by atoms with E-state index < -0.39 is 5.54 Å². The largest absolute Gasteiger partial charge is 0.497 e. The van der Waals surface area contributed by atoms with Crippen LogP contribution in [-0.2, 0) is 10.3 Å². The van der Waals surface area contributed by atoms with Crippen molar-refractivity contribution in [2.75, 3.05) is 45.7 Å². The maximum atomic E-state index is 13.4. The quantitative estimate of drug-likeness (QED) is 0.617. The summed E-state index contributed by atoms with van der Waals surface area (Å²) in [5.41, 5.74) is 2.00. The molecule has 0 N–H and O–H groups in total. The van der Waals surface area contributed by atoms with Crippen LogP contribution in [-0.4, -0.2) is 72.0 Å². The van der Waals surface area contributed by atoms with Gasteiger partial charge in [0.1, 0.15) is 11.3 Å². The normalized spacial score (nSPS) is 18.8. The van der Waals surface area contributed by atoms with Gasteiger partial charge in [0.25, 0.3) is 5.91 Å². The molecule has 8 nitrogen and oxygen atoms in total. The van der Waals surface area contributed by atoms with E-state index in [4.69, 9.17) is 4.74 Å². The number of fused-ring (bicyclic) bond motifs is 4. The van der Waals surface area contributed by atoms with Gasteiger partial charge in [-0.1, -0.05) is 6.07 Å². The number of nitrogens with zero attached hydrogens (tertiary/aromatic N) is 5. The highest BCUT2D eigenvalue weighted by atomic mass is 16.5. The Kier molecular flexibility index (Phi) is 5.08. The monoisotopic (exact) mass is 445 g/mol. The standard InChI is InChI=1S/C25H27N5O3/c1-27(2)22(31)16-30-20-9-5-12-26-23(20)29-13-6-10-21(29)25(30)11-14-28(17-25)24(32)18-7-4-8-19(15-18)33-3/h4-10,12-13,15H,11,14,16-17H2,1-3H3/t25-/m1/s1. The zero-order valence-electron chi connectivity index (χ0n) is 19.1. The molecule has 2 aliphatic heterocycles. The number of carbonyl (C=O) groups excluding carboxylic acids is 2. The number of ether oxygens (including phenoxy) is 1. The van der Waals surface area contributed by atoms with Gasteiger partial charge >= 0.3 is 0 Å². The van der Waals surface area contributed by atoms with Gasteiger partial charge in [0.15, 0.2) is 5.82 Å². The van der Waals surface area contributed by atoms with Gasteiger partial charge in [0.2, 0.25) is 5.91 Å². The molecular weight excluding hydrogens is 418 g/mol. The van der Waals surface area contributed by atoms with E-state index in [9.17, 15) is 9.59 Å². The molecule has 2 amide bonds. The van der Waals surface area contributed by atoms with Crippen molar-refractivity contribution in [1.82, 2.24) is 19.4 Å². The molecule has 1 atom stereocenters. The minimum atomic E-state index is -0.528. The first kappa shape index (κ1) is 21.1. The first-order chi connectivity index (χ1) is 15.9. The average Bonchev–Trinajstić information content (AvgIpc) is 3.50. The minimum Gasteiger partial charge on any atom is -0.497 e.